The summed E-state index contributed by atoms with van der Waals surface area (Å²) in [5, 5.41) is 32.1. The maximum atomic E-state index is 17.5. The Hall–Kier alpha value is -1.00. The summed E-state index contributed by atoms with van der Waals surface area (Å²) in [6.45, 7) is 2.35. The summed E-state index contributed by atoms with van der Waals surface area (Å²) in [5.41, 5.74) is -6.61. The van der Waals surface area contributed by atoms with Gasteiger partial charge in [0.2, 0.25) is 5.79 Å². The molecule has 1 spiro atoms. The minimum atomic E-state index is -3.94. The molecular formula is C21H26FO9P. The number of alkyl halides is 1. The molecule has 0 amide bonds. The van der Waals surface area contributed by atoms with E-state index in [1.807, 2.05) is 0 Å². The molecule has 11 heteroatoms. The average molecular weight is 472 g/mol. The van der Waals surface area contributed by atoms with Gasteiger partial charge in [-0.1, -0.05) is 12.5 Å². The van der Waals surface area contributed by atoms with Gasteiger partial charge in [0.1, 0.15) is 12.2 Å². The van der Waals surface area contributed by atoms with E-state index in [0.717, 1.165) is 0 Å². The van der Waals surface area contributed by atoms with Gasteiger partial charge in [0.25, 0.3) is 0 Å². The molecule has 32 heavy (non-hydrogen) atoms. The van der Waals surface area contributed by atoms with Crippen molar-refractivity contribution < 1.29 is 47.4 Å². The van der Waals surface area contributed by atoms with Gasteiger partial charge in [-0.3, -0.25) is 14.1 Å². The minimum Gasteiger partial charge on any atom is -0.390 e. The molecule has 176 valence electrons. The van der Waals surface area contributed by atoms with Crippen molar-refractivity contribution in [1.82, 2.24) is 0 Å². The van der Waals surface area contributed by atoms with Gasteiger partial charge in [0, 0.05) is 11.3 Å². The van der Waals surface area contributed by atoms with Gasteiger partial charge >= 0.3 is 7.82 Å². The quantitative estimate of drug-likeness (QED) is 0.508. The number of Topliss-reactive ketones (excluding diaryl/α,β-unsaturated/α-hetero) is 1. The zero-order valence-electron chi connectivity index (χ0n) is 17.7. The molecule has 4 aliphatic carbocycles. The molecule has 3 N–H and O–H groups in total. The fraction of sp³-hybridized carbons (Fsp3) is 0.810. The van der Waals surface area contributed by atoms with Crippen LogP contribution in [0.4, 0.5) is 4.39 Å². The van der Waals surface area contributed by atoms with E-state index in [0.29, 0.717) is 18.4 Å². The fourth-order valence-electron chi connectivity index (χ4n) is 8.16. The van der Waals surface area contributed by atoms with Crippen LogP contribution in [0, 0.1) is 22.7 Å². The summed E-state index contributed by atoms with van der Waals surface area (Å²) >= 11 is 0. The van der Waals surface area contributed by atoms with Crippen LogP contribution >= 0.6 is 7.82 Å². The number of aliphatic hydroxyl groups is 3. The van der Waals surface area contributed by atoms with Crippen molar-refractivity contribution in [1.29, 1.82) is 0 Å². The second-order valence-electron chi connectivity index (χ2n) is 10.6. The van der Waals surface area contributed by atoms with Gasteiger partial charge < -0.3 is 15.3 Å². The Balaban J connectivity index is 1.51. The summed E-state index contributed by atoms with van der Waals surface area (Å²) in [5.74, 6) is -4.44. The summed E-state index contributed by atoms with van der Waals surface area (Å²) in [4.78, 5) is 25.2. The van der Waals surface area contributed by atoms with Crippen LogP contribution in [0.5, 0.6) is 0 Å². The third kappa shape index (κ3) is 1.91. The Bertz CT molecular complexity index is 1030. The average Bonchev–Trinajstić information content (AvgIpc) is 3.29. The molecule has 0 aromatic rings. The van der Waals surface area contributed by atoms with Crippen molar-refractivity contribution in [3.8, 4) is 0 Å². The van der Waals surface area contributed by atoms with Crippen LogP contribution < -0.4 is 0 Å². The summed E-state index contributed by atoms with van der Waals surface area (Å²) in [6, 6.07) is 0. The Kier molecular flexibility index (Phi) is 3.90. The first-order valence-corrected chi connectivity index (χ1v) is 12.5. The molecule has 3 saturated heterocycles. The number of phosphoric ester groups is 1. The van der Waals surface area contributed by atoms with Crippen LogP contribution in [0.2, 0.25) is 0 Å². The Morgan fingerprint density at radius 1 is 1.28 bits per heavy atom. The first-order chi connectivity index (χ1) is 14.8. The molecule has 7 aliphatic rings. The van der Waals surface area contributed by atoms with Crippen molar-refractivity contribution in [2.75, 3.05) is 6.61 Å². The third-order valence-corrected chi connectivity index (χ3v) is 11.3. The molecule has 3 heterocycles. The number of ketones is 2. The highest BCUT2D eigenvalue weighted by Gasteiger charge is 2.88. The second kappa shape index (κ2) is 5.79. The van der Waals surface area contributed by atoms with E-state index in [9.17, 15) is 29.5 Å². The van der Waals surface area contributed by atoms with Crippen LogP contribution in [0.1, 0.15) is 46.0 Å². The van der Waals surface area contributed by atoms with Crippen LogP contribution in [0.3, 0.4) is 0 Å². The van der Waals surface area contributed by atoms with Crippen LogP contribution in [0.25, 0.3) is 0 Å². The van der Waals surface area contributed by atoms with Crippen molar-refractivity contribution in [3.63, 3.8) is 0 Å². The zero-order valence-corrected chi connectivity index (χ0v) is 18.6. The normalized spacial score (nSPS) is 59.9. The SMILES string of the molecule is C[C@]12C[C@H](O)[C@@]3(F)[C@@H](CCC4=CC(=O)C5OP6(=O)OC5(O6)[C@]43C)[C@@H]1CC[C@]2(O)C(=O)CO. The largest absolute Gasteiger partial charge is 0.481 e. The second-order valence-corrected chi connectivity index (χ2v) is 12.1. The molecular weight excluding hydrogens is 446 g/mol. The number of carbonyl (C=O) groups is 2. The van der Waals surface area contributed by atoms with Crippen molar-refractivity contribution in [2.24, 2.45) is 22.7 Å². The number of rotatable bonds is 2. The Morgan fingerprint density at radius 2 is 1.97 bits per heavy atom. The highest BCUT2D eigenvalue weighted by atomic mass is 31.2. The summed E-state index contributed by atoms with van der Waals surface area (Å²) < 4.78 is 46.3. The minimum absolute atomic E-state index is 0.0594. The molecule has 2 bridgehead atoms. The van der Waals surface area contributed by atoms with Crippen LogP contribution in [-0.2, 0) is 27.7 Å². The van der Waals surface area contributed by atoms with Gasteiger partial charge in [0.15, 0.2) is 23.3 Å². The Morgan fingerprint density at radius 3 is 2.62 bits per heavy atom. The van der Waals surface area contributed by atoms with Crippen molar-refractivity contribution in [2.45, 2.75) is 75.2 Å². The maximum absolute atomic E-state index is 17.5. The molecule has 9 nitrogen and oxygen atoms in total. The number of halogens is 1. The molecule has 3 aliphatic heterocycles. The van der Waals surface area contributed by atoms with Gasteiger partial charge in [-0.25, -0.2) is 18.0 Å². The third-order valence-electron chi connectivity index (χ3n) is 9.79. The lowest BCUT2D eigenvalue weighted by atomic mass is 9.42. The number of carbonyl (C=O) groups excluding carboxylic acids is 2. The van der Waals surface area contributed by atoms with E-state index in [1.165, 1.54) is 13.0 Å². The lowest BCUT2D eigenvalue weighted by Crippen LogP contribution is -2.77. The first kappa shape index (κ1) is 21.5. The molecule has 0 radical (unpaired) electrons. The molecule has 3 saturated carbocycles. The van der Waals surface area contributed by atoms with Crippen LogP contribution in [-0.4, -0.2) is 62.8 Å². The topological polar surface area (TPSA) is 140 Å². The van der Waals surface area contributed by atoms with E-state index in [4.69, 9.17) is 13.6 Å². The first-order valence-electron chi connectivity index (χ1n) is 11.0. The lowest BCUT2D eigenvalue weighted by molar-refractivity contribution is -0.321. The Labute approximate surface area is 183 Å². The molecule has 1 unspecified atom stereocenters. The van der Waals surface area contributed by atoms with E-state index in [2.05, 4.69) is 0 Å². The van der Waals surface area contributed by atoms with Crippen molar-refractivity contribution in [3.05, 3.63) is 11.6 Å². The number of fused-ring (bicyclic) bond motifs is 5. The van der Waals surface area contributed by atoms with Gasteiger partial charge in [0.05, 0.1) is 11.5 Å². The van der Waals surface area contributed by atoms with Gasteiger partial charge in [-0.2, -0.15) is 0 Å². The maximum Gasteiger partial charge on any atom is 0.481 e. The monoisotopic (exact) mass is 472 g/mol. The molecule has 8 atom stereocenters. The number of phosphoric acid groups is 1. The predicted molar refractivity (Wildman–Crippen MR) is 104 cm³/mol. The molecule has 6 fully saturated rings. The number of aliphatic hydroxyl groups excluding tert-OH is 2. The van der Waals surface area contributed by atoms with E-state index >= 15 is 4.39 Å². The standard InChI is InChI=1S/C21H26FO9P/c1-17-8-14(25)20(22)12(11(17)5-6-19(17,27)15(26)9-23)4-3-10-7-13(24)16-21(18(10,20)2)30-32(28,29-16)31-21/h7,11-12,14,16,23,25,27H,3-6,8-9H2,1-2H3/t11-,12-,14-,16?,17-,18+,19-,20-,21?,32?/m0/s1. The highest BCUT2D eigenvalue weighted by Crippen LogP contribution is 2.84. The zero-order chi connectivity index (χ0) is 23.1. The van der Waals surface area contributed by atoms with E-state index in [-0.39, 0.29) is 19.3 Å². The van der Waals surface area contributed by atoms with Crippen molar-refractivity contribution >= 4 is 19.4 Å². The predicted octanol–water partition coefficient (Wildman–Crippen LogP) is 1.34. The van der Waals surface area contributed by atoms with Gasteiger partial charge in [-0.05, 0) is 51.0 Å². The summed E-state index contributed by atoms with van der Waals surface area (Å²) in [6.07, 6.45) is -0.967. The molecule has 7 rings (SSSR count). The van der Waals surface area contributed by atoms with E-state index < -0.39 is 77.9 Å². The fourth-order valence-corrected chi connectivity index (χ4v) is 9.98. The number of hydrogen-bond acceptors (Lipinski definition) is 9. The van der Waals surface area contributed by atoms with E-state index in [1.54, 1.807) is 6.92 Å². The molecule has 0 aromatic heterocycles. The van der Waals surface area contributed by atoms with Gasteiger partial charge in [-0.15, -0.1) is 0 Å². The molecule has 0 aromatic carbocycles. The number of hydrogen-bond donors (Lipinski definition) is 3. The lowest BCUT2D eigenvalue weighted by Gasteiger charge is -2.67. The summed E-state index contributed by atoms with van der Waals surface area (Å²) in [7, 11) is -3.94. The van der Waals surface area contributed by atoms with Crippen LogP contribution in [0.15, 0.2) is 11.6 Å². The smallest absolute Gasteiger partial charge is 0.390 e. The highest BCUT2D eigenvalue weighted by molar-refractivity contribution is 7.50.